The Labute approximate surface area is 116 Å². The largest absolute Gasteiger partial charge is 0.465 e. The minimum absolute atomic E-state index is 0.563. The van der Waals surface area contributed by atoms with Gasteiger partial charge in [-0.3, -0.25) is 4.90 Å². The molecule has 19 heavy (non-hydrogen) atoms. The molecule has 0 amide bonds. The third-order valence-electron chi connectivity index (χ3n) is 4.81. The van der Waals surface area contributed by atoms with Crippen LogP contribution in [0.25, 0.3) is 0 Å². The van der Waals surface area contributed by atoms with E-state index in [1.807, 2.05) is 0 Å². The summed E-state index contributed by atoms with van der Waals surface area (Å²) < 4.78 is 5.84. The molecule has 3 nitrogen and oxygen atoms in total. The highest BCUT2D eigenvalue weighted by Gasteiger charge is 2.40. The highest BCUT2D eigenvalue weighted by Crippen LogP contribution is 2.39. The second-order valence-electron chi connectivity index (χ2n) is 6.52. The van der Waals surface area contributed by atoms with Gasteiger partial charge < -0.3 is 9.32 Å². The lowest BCUT2D eigenvalue weighted by Crippen LogP contribution is -2.42. The summed E-state index contributed by atoms with van der Waals surface area (Å²) in [6, 6.07) is 4.27. The van der Waals surface area contributed by atoms with Gasteiger partial charge in [0, 0.05) is 19.5 Å². The van der Waals surface area contributed by atoms with Gasteiger partial charge in [-0.1, -0.05) is 6.92 Å². The van der Waals surface area contributed by atoms with E-state index in [1.54, 1.807) is 0 Å². The number of likely N-dealkylation sites (tertiary alicyclic amines) is 2. The lowest BCUT2D eigenvalue weighted by Gasteiger charge is -2.38. The van der Waals surface area contributed by atoms with E-state index in [4.69, 9.17) is 4.42 Å². The predicted octanol–water partition coefficient (Wildman–Crippen LogP) is 2.76. The Morgan fingerprint density at radius 3 is 2.74 bits per heavy atom. The van der Waals surface area contributed by atoms with Crippen molar-refractivity contribution in [3.8, 4) is 0 Å². The molecule has 0 bridgehead atoms. The average molecular weight is 262 g/mol. The Kier molecular flexibility index (Phi) is 3.68. The van der Waals surface area contributed by atoms with Gasteiger partial charge in [0.05, 0.1) is 6.54 Å². The number of furan rings is 1. The molecule has 1 atom stereocenters. The maximum Gasteiger partial charge on any atom is 0.118 e. The van der Waals surface area contributed by atoms with Crippen molar-refractivity contribution in [2.24, 2.45) is 5.41 Å². The molecule has 3 heteroatoms. The average Bonchev–Trinajstić information content (AvgIpc) is 2.98. The van der Waals surface area contributed by atoms with E-state index in [9.17, 15) is 0 Å². The van der Waals surface area contributed by atoms with Crippen LogP contribution in [-0.4, -0.2) is 43.0 Å². The van der Waals surface area contributed by atoms with E-state index in [-0.39, 0.29) is 0 Å². The monoisotopic (exact) mass is 262 g/mol. The van der Waals surface area contributed by atoms with Crippen LogP contribution in [0.2, 0.25) is 0 Å². The van der Waals surface area contributed by atoms with Crippen LogP contribution in [-0.2, 0) is 13.0 Å². The molecule has 0 saturated carbocycles. The third-order valence-corrected chi connectivity index (χ3v) is 4.81. The number of hydrogen-bond acceptors (Lipinski definition) is 3. The minimum atomic E-state index is 0.563. The second-order valence-corrected chi connectivity index (χ2v) is 6.52. The Balaban J connectivity index is 1.59. The molecule has 1 aromatic heterocycles. The van der Waals surface area contributed by atoms with Crippen molar-refractivity contribution in [2.45, 2.75) is 39.2 Å². The van der Waals surface area contributed by atoms with Crippen molar-refractivity contribution in [1.82, 2.24) is 9.80 Å². The molecule has 106 valence electrons. The summed E-state index contributed by atoms with van der Waals surface area (Å²) in [6.07, 6.45) is 5.13. The van der Waals surface area contributed by atoms with Crippen molar-refractivity contribution in [1.29, 1.82) is 0 Å². The van der Waals surface area contributed by atoms with E-state index in [1.165, 1.54) is 45.4 Å². The number of aryl methyl sites for hydroxylation is 1. The highest BCUT2D eigenvalue weighted by molar-refractivity contribution is 5.07. The molecule has 1 spiro atoms. The van der Waals surface area contributed by atoms with E-state index in [2.05, 4.69) is 35.9 Å². The molecule has 2 aliphatic rings. The van der Waals surface area contributed by atoms with Crippen molar-refractivity contribution < 1.29 is 4.42 Å². The van der Waals surface area contributed by atoms with Gasteiger partial charge in [-0.25, -0.2) is 0 Å². The van der Waals surface area contributed by atoms with Crippen LogP contribution in [0.5, 0.6) is 0 Å². The van der Waals surface area contributed by atoms with Crippen LogP contribution in [0.15, 0.2) is 16.5 Å². The second kappa shape index (κ2) is 5.29. The van der Waals surface area contributed by atoms with Gasteiger partial charge in [-0.05, 0) is 56.9 Å². The van der Waals surface area contributed by atoms with Crippen molar-refractivity contribution in [2.75, 3.05) is 33.2 Å². The van der Waals surface area contributed by atoms with E-state index in [0.29, 0.717) is 5.41 Å². The fraction of sp³-hybridized carbons (Fsp3) is 0.750. The van der Waals surface area contributed by atoms with Crippen LogP contribution < -0.4 is 0 Å². The fourth-order valence-electron chi connectivity index (χ4n) is 3.87. The Morgan fingerprint density at radius 2 is 2.00 bits per heavy atom. The maximum atomic E-state index is 5.84. The molecule has 3 rings (SSSR count). The topological polar surface area (TPSA) is 19.6 Å². The normalized spacial score (nSPS) is 29.4. The smallest absolute Gasteiger partial charge is 0.118 e. The fourth-order valence-corrected chi connectivity index (χ4v) is 3.87. The summed E-state index contributed by atoms with van der Waals surface area (Å²) >= 11 is 0. The van der Waals surface area contributed by atoms with Crippen LogP contribution in [0.3, 0.4) is 0 Å². The number of nitrogens with zero attached hydrogens (tertiary/aromatic N) is 2. The Hall–Kier alpha value is -0.800. The van der Waals surface area contributed by atoms with E-state index < -0.39 is 0 Å². The van der Waals surface area contributed by atoms with Crippen LogP contribution >= 0.6 is 0 Å². The summed E-state index contributed by atoms with van der Waals surface area (Å²) in [4.78, 5) is 5.09. The molecular weight excluding hydrogens is 236 g/mol. The molecule has 2 saturated heterocycles. The predicted molar refractivity (Wildman–Crippen MR) is 77.1 cm³/mol. The highest BCUT2D eigenvalue weighted by atomic mass is 16.3. The molecular formula is C16H26N2O. The van der Waals surface area contributed by atoms with Gasteiger partial charge in [-0.2, -0.15) is 0 Å². The zero-order valence-electron chi connectivity index (χ0n) is 12.3. The van der Waals surface area contributed by atoms with Gasteiger partial charge in [0.1, 0.15) is 11.5 Å². The van der Waals surface area contributed by atoms with Crippen LogP contribution in [0.1, 0.15) is 37.7 Å². The quantitative estimate of drug-likeness (QED) is 0.835. The first-order valence-electron chi connectivity index (χ1n) is 7.68. The lowest BCUT2D eigenvalue weighted by molar-refractivity contribution is 0.111. The summed E-state index contributed by atoms with van der Waals surface area (Å²) in [5.41, 5.74) is 0.563. The molecule has 0 radical (unpaired) electrons. The van der Waals surface area contributed by atoms with Crippen LogP contribution in [0.4, 0.5) is 0 Å². The van der Waals surface area contributed by atoms with Gasteiger partial charge >= 0.3 is 0 Å². The number of rotatable bonds is 3. The van der Waals surface area contributed by atoms with Gasteiger partial charge in [0.15, 0.2) is 0 Å². The van der Waals surface area contributed by atoms with Crippen LogP contribution in [0, 0.1) is 5.41 Å². The zero-order chi connectivity index (χ0) is 13.3. The molecule has 3 heterocycles. The number of piperidine rings is 1. The van der Waals surface area contributed by atoms with Gasteiger partial charge in [0.25, 0.3) is 0 Å². The third kappa shape index (κ3) is 2.87. The van der Waals surface area contributed by atoms with Crippen molar-refractivity contribution >= 4 is 0 Å². The Morgan fingerprint density at radius 1 is 1.16 bits per heavy atom. The molecule has 0 N–H and O–H groups in total. The molecule has 2 aliphatic heterocycles. The molecule has 1 unspecified atom stereocenters. The Bertz CT molecular complexity index is 428. The first-order valence-corrected chi connectivity index (χ1v) is 7.68. The first-order chi connectivity index (χ1) is 9.19. The van der Waals surface area contributed by atoms with Crippen molar-refractivity contribution in [3.63, 3.8) is 0 Å². The van der Waals surface area contributed by atoms with E-state index >= 15 is 0 Å². The summed E-state index contributed by atoms with van der Waals surface area (Å²) in [7, 11) is 2.27. The maximum absolute atomic E-state index is 5.84. The lowest BCUT2D eigenvalue weighted by atomic mass is 9.79. The first kappa shape index (κ1) is 13.2. The summed E-state index contributed by atoms with van der Waals surface area (Å²) in [5.74, 6) is 2.25. The number of hydrogen-bond donors (Lipinski definition) is 0. The molecule has 0 aromatic carbocycles. The summed E-state index contributed by atoms with van der Waals surface area (Å²) in [5, 5.41) is 0. The minimum Gasteiger partial charge on any atom is -0.465 e. The summed E-state index contributed by atoms with van der Waals surface area (Å²) in [6.45, 7) is 8.17. The standard InChI is InChI=1S/C16H26N2O/c1-3-14-5-6-15(19-14)11-18-10-8-16(13-18)7-4-9-17(2)12-16/h5-6H,3-4,7-13H2,1-2H3. The molecule has 2 fully saturated rings. The zero-order valence-corrected chi connectivity index (χ0v) is 12.3. The molecule has 0 aliphatic carbocycles. The van der Waals surface area contributed by atoms with Gasteiger partial charge in [-0.15, -0.1) is 0 Å². The van der Waals surface area contributed by atoms with E-state index in [0.717, 1.165) is 24.5 Å². The molecule has 1 aromatic rings. The van der Waals surface area contributed by atoms with Gasteiger partial charge in [0.2, 0.25) is 0 Å². The van der Waals surface area contributed by atoms with Crippen molar-refractivity contribution in [3.05, 3.63) is 23.7 Å². The SMILES string of the molecule is CCc1ccc(CN2CCC3(CCCN(C)C3)C2)o1.